The molecule has 0 saturated heterocycles. The Bertz CT molecular complexity index is 679. The maximum atomic E-state index is 12.0. The first-order chi connectivity index (χ1) is 9.49. The molecule has 0 spiro atoms. The van der Waals surface area contributed by atoms with Crippen LogP contribution in [0.5, 0.6) is 0 Å². The molecule has 0 atom stereocenters. The lowest BCUT2D eigenvalue weighted by Gasteiger charge is -2.06. The summed E-state index contributed by atoms with van der Waals surface area (Å²) in [6.45, 7) is 0.190. The molecule has 1 heterocycles. The summed E-state index contributed by atoms with van der Waals surface area (Å²) in [4.78, 5) is 14.9. The van der Waals surface area contributed by atoms with Crippen LogP contribution in [0.1, 0.15) is 16.2 Å². The third-order valence-electron chi connectivity index (χ3n) is 2.57. The Morgan fingerprint density at radius 3 is 2.55 bits per heavy atom. The number of aromatic amines is 1. The highest BCUT2D eigenvalue weighted by atomic mass is 32.2. The van der Waals surface area contributed by atoms with Crippen molar-refractivity contribution >= 4 is 15.9 Å². The molecule has 20 heavy (non-hydrogen) atoms. The Hall–Kier alpha value is -2.26. The van der Waals surface area contributed by atoms with Crippen molar-refractivity contribution in [3.8, 4) is 0 Å². The predicted molar refractivity (Wildman–Crippen MR) is 70.2 cm³/mol. The molecule has 0 saturated carbocycles. The number of sulfonamides is 1. The molecule has 0 unspecified atom stereocenters. The van der Waals surface area contributed by atoms with Gasteiger partial charge in [0.2, 0.25) is 15.9 Å². The van der Waals surface area contributed by atoms with Gasteiger partial charge in [0, 0.05) is 18.5 Å². The molecular weight excluding hydrogens is 282 g/mol. The fourth-order valence-electron chi connectivity index (χ4n) is 1.54. The first kappa shape index (κ1) is 14.2. The van der Waals surface area contributed by atoms with Gasteiger partial charge in [-0.25, -0.2) is 18.1 Å². The summed E-state index contributed by atoms with van der Waals surface area (Å²) in [5, 5.41) is 6.30. The minimum absolute atomic E-state index is 0.0695. The fourth-order valence-corrected chi connectivity index (χ4v) is 2.57. The van der Waals surface area contributed by atoms with E-state index in [9.17, 15) is 13.2 Å². The largest absolute Gasteiger partial charge is 0.366 e. The Kier molecular flexibility index (Phi) is 4.11. The molecule has 0 radical (unpaired) electrons. The number of nitrogens with two attached hydrogens (primary N) is 1. The van der Waals surface area contributed by atoms with Crippen LogP contribution in [-0.4, -0.2) is 36.1 Å². The van der Waals surface area contributed by atoms with Gasteiger partial charge in [-0.2, -0.15) is 5.10 Å². The topological polar surface area (TPSA) is 131 Å². The molecule has 9 heteroatoms. The summed E-state index contributed by atoms with van der Waals surface area (Å²) in [5.41, 5.74) is 5.34. The van der Waals surface area contributed by atoms with E-state index in [-0.39, 0.29) is 17.0 Å². The molecule has 1 amide bonds. The van der Waals surface area contributed by atoms with Crippen LogP contribution in [-0.2, 0) is 16.4 Å². The van der Waals surface area contributed by atoms with Gasteiger partial charge in [0.15, 0.2) is 0 Å². The fraction of sp³-hybridized carbons (Fsp3) is 0.182. The molecule has 0 fully saturated rings. The molecule has 0 aliphatic carbocycles. The highest BCUT2D eigenvalue weighted by Crippen LogP contribution is 2.10. The number of aromatic nitrogens is 3. The van der Waals surface area contributed by atoms with E-state index in [0.717, 1.165) is 0 Å². The van der Waals surface area contributed by atoms with Crippen LogP contribution in [0.25, 0.3) is 0 Å². The smallest absolute Gasteiger partial charge is 0.248 e. The number of primary amides is 1. The van der Waals surface area contributed by atoms with Crippen molar-refractivity contribution in [3.05, 3.63) is 42.0 Å². The zero-order valence-electron chi connectivity index (χ0n) is 10.4. The molecule has 4 N–H and O–H groups in total. The van der Waals surface area contributed by atoms with Gasteiger partial charge in [-0.1, -0.05) is 0 Å². The lowest BCUT2D eigenvalue weighted by molar-refractivity contribution is 0.1000. The summed E-state index contributed by atoms with van der Waals surface area (Å²) >= 11 is 0. The van der Waals surface area contributed by atoms with E-state index in [1.807, 2.05) is 0 Å². The molecule has 0 bridgehead atoms. The Balaban J connectivity index is 2.00. The van der Waals surface area contributed by atoms with E-state index >= 15 is 0 Å². The molecular formula is C11H13N5O3S. The minimum Gasteiger partial charge on any atom is -0.366 e. The second kappa shape index (κ2) is 5.80. The zero-order valence-corrected chi connectivity index (χ0v) is 11.2. The third-order valence-corrected chi connectivity index (χ3v) is 4.04. The summed E-state index contributed by atoms with van der Waals surface area (Å²) < 4.78 is 26.4. The number of nitrogens with one attached hydrogen (secondary N) is 2. The van der Waals surface area contributed by atoms with Crippen molar-refractivity contribution in [2.45, 2.75) is 11.3 Å². The van der Waals surface area contributed by atoms with Crippen LogP contribution in [0.4, 0.5) is 0 Å². The third kappa shape index (κ3) is 3.39. The second-order valence-electron chi connectivity index (χ2n) is 3.97. The Morgan fingerprint density at radius 1 is 1.30 bits per heavy atom. The SMILES string of the molecule is NC(=O)c1ccc(S(=O)(=O)NCCc2ncn[nH]2)cc1. The van der Waals surface area contributed by atoms with Crippen molar-refractivity contribution in [2.75, 3.05) is 6.54 Å². The molecule has 1 aromatic heterocycles. The van der Waals surface area contributed by atoms with Gasteiger partial charge in [0.1, 0.15) is 12.2 Å². The van der Waals surface area contributed by atoms with E-state index < -0.39 is 15.9 Å². The average Bonchev–Trinajstić information content (AvgIpc) is 2.92. The molecule has 1 aromatic carbocycles. The maximum absolute atomic E-state index is 12.0. The highest BCUT2D eigenvalue weighted by Gasteiger charge is 2.14. The number of nitrogens with zero attached hydrogens (tertiary/aromatic N) is 2. The normalized spacial score (nSPS) is 11.4. The average molecular weight is 295 g/mol. The predicted octanol–water partition coefficient (Wildman–Crippen LogP) is -0.575. The number of hydrogen-bond donors (Lipinski definition) is 3. The van der Waals surface area contributed by atoms with Gasteiger partial charge in [-0.15, -0.1) is 0 Å². The Morgan fingerprint density at radius 2 is 2.00 bits per heavy atom. The van der Waals surface area contributed by atoms with Gasteiger partial charge >= 0.3 is 0 Å². The van der Waals surface area contributed by atoms with Gasteiger partial charge in [0.05, 0.1) is 4.90 Å². The van der Waals surface area contributed by atoms with Gasteiger partial charge < -0.3 is 5.73 Å². The van der Waals surface area contributed by atoms with Gasteiger partial charge in [-0.3, -0.25) is 9.89 Å². The number of rotatable bonds is 6. The Labute approximate surface area is 115 Å². The monoisotopic (exact) mass is 295 g/mol. The van der Waals surface area contributed by atoms with Crippen molar-refractivity contribution in [1.29, 1.82) is 0 Å². The number of carbonyl (C=O) groups is 1. The van der Waals surface area contributed by atoms with Crippen molar-refractivity contribution in [1.82, 2.24) is 19.9 Å². The van der Waals surface area contributed by atoms with Crippen molar-refractivity contribution in [3.63, 3.8) is 0 Å². The maximum Gasteiger partial charge on any atom is 0.248 e. The lowest BCUT2D eigenvalue weighted by Crippen LogP contribution is -2.26. The number of hydrogen-bond acceptors (Lipinski definition) is 5. The summed E-state index contributed by atoms with van der Waals surface area (Å²) in [6, 6.07) is 5.40. The van der Waals surface area contributed by atoms with E-state index in [1.165, 1.54) is 30.6 Å². The summed E-state index contributed by atoms with van der Waals surface area (Å²) in [6.07, 6.45) is 1.75. The van der Waals surface area contributed by atoms with Crippen LogP contribution in [0.3, 0.4) is 0 Å². The summed E-state index contributed by atoms with van der Waals surface area (Å²) in [7, 11) is -3.62. The van der Waals surface area contributed by atoms with Gasteiger partial charge in [0.25, 0.3) is 0 Å². The summed E-state index contributed by atoms with van der Waals surface area (Å²) in [5.74, 6) is -0.0102. The molecule has 0 aliphatic heterocycles. The van der Waals surface area contributed by atoms with Crippen molar-refractivity contribution < 1.29 is 13.2 Å². The number of amides is 1. The standard InChI is InChI=1S/C11H13N5O3S/c12-11(17)8-1-3-9(4-2-8)20(18,19)15-6-5-10-13-7-14-16-10/h1-4,7,15H,5-6H2,(H2,12,17)(H,13,14,16). The van der Waals surface area contributed by atoms with Crippen LogP contribution in [0, 0.1) is 0 Å². The molecule has 106 valence electrons. The number of H-pyrrole nitrogens is 1. The quantitative estimate of drug-likeness (QED) is 0.656. The van der Waals surface area contributed by atoms with E-state index in [1.54, 1.807) is 0 Å². The highest BCUT2D eigenvalue weighted by molar-refractivity contribution is 7.89. The molecule has 8 nitrogen and oxygen atoms in total. The molecule has 0 aliphatic rings. The first-order valence-electron chi connectivity index (χ1n) is 5.73. The van der Waals surface area contributed by atoms with Crippen LogP contribution >= 0.6 is 0 Å². The minimum atomic E-state index is -3.62. The number of benzene rings is 1. The lowest BCUT2D eigenvalue weighted by atomic mass is 10.2. The second-order valence-corrected chi connectivity index (χ2v) is 5.74. The number of carbonyl (C=O) groups excluding carboxylic acids is 1. The van der Waals surface area contributed by atoms with E-state index in [4.69, 9.17) is 5.73 Å². The van der Waals surface area contributed by atoms with Crippen LogP contribution < -0.4 is 10.5 Å². The first-order valence-corrected chi connectivity index (χ1v) is 7.21. The zero-order chi connectivity index (χ0) is 14.6. The van der Waals surface area contributed by atoms with Gasteiger partial charge in [-0.05, 0) is 24.3 Å². The molecule has 2 rings (SSSR count). The van der Waals surface area contributed by atoms with Crippen molar-refractivity contribution in [2.24, 2.45) is 5.73 Å². The van der Waals surface area contributed by atoms with E-state index in [0.29, 0.717) is 12.2 Å². The van der Waals surface area contributed by atoms with E-state index in [2.05, 4.69) is 19.9 Å². The molecule has 2 aromatic rings. The van der Waals surface area contributed by atoms with Crippen LogP contribution in [0.15, 0.2) is 35.5 Å². The van der Waals surface area contributed by atoms with Crippen LogP contribution in [0.2, 0.25) is 0 Å².